The smallest absolute Gasteiger partial charge is 0.317 e. The number of hydrogen-bond donors (Lipinski definition) is 2. The second kappa shape index (κ2) is 6.96. The number of rotatable bonds is 4. The maximum atomic E-state index is 11.8. The zero-order valence-electron chi connectivity index (χ0n) is 11.2. The number of piperidine rings is 1. The Hall–Kier alpha value is -1.79. The molecule has 0 saturated carbocycles. The van der Waals surface area contributed by atoms with Crippen molar-refractivity contribution < 1.29 is 24.2 Å². The first-order chi connectivity index (χ1) is 8.93. The molecule has 2 amide bonds. The van der Waals surface area contributed by atoms with Gasteiger partial charge in [-0.1, -0.05) is 0 Å². The molecule has 0 bridgehead atoms. The van der Waals surface area contributed by atoms with Crippen molar-refractivity contribution in [3.8, 4) is 0 Å². The lowest BCUT2D eigenvalue weighted by atomic mass is 9.97. The van der Waals surface area contributed by atoms with Crippen LogP contribution in [0, 0.1) is 5.92 Å². The number of carboxylic acids is 1. The fraction of sp³-hybridized carbons (Fsp3) is 0.750. The van der Waals surface area contributed by atoms with Crippen LogP contribution in [0.4, 0.5) is 4.79 Å². The van der Waals surface area contributed by atoms with Crippen LogP contribution in [0.3, 0.4) is 0 Å². The quantitative estimate of drug-likeness (QED) is 0.724. The molecule has 0 aromatic carbocycles. The molecule has 0 radical (unpaired) electrons. The predicted octanol–water partition coefficient (Wildman–Crippen LogP) is 0.444. The van der Waals surface area contributed by atoms with E-state index in [1.807, 2.05) is 0 Å². The number of likely N-dealkylation sites (tertiary alicyclic amines) is 1. The molecular formula is C12H20N2O5. The Morgan fingerprint density at radius 2 is 1.95 bits per heavy atom. The third-order valence-electron chi connectivity index (χ3n) is 3.17. The molecule has 19 heavy (non-hydrogen) atoms. The number of amides is 2. The molecule has 1 fully saturated rings. The summed E-state index contributed by atoms with van der Waals surface area (Å²) in [5, 5.41) is 11.2. The average molecular weight is 272 g/mol. The number of carboxylic acid groups (broad SMARTS) is 1. The molecule has 0 spiro atoms. The van der Waals surface area contributed by atoms with E-state index in [1.165, 1.54) is 7.11 Å². The van der Waals surface area contributed by atoms with Gasteiger partial charge in [0.1, 0.15) is 0 Å². The van der Waals surface area contributed by atoms with Crippen LogP contribution < -0.4 is 5.32 Å². The molecule has 1 aliphatic rings. The van der Waals surface area contributed by atoms with Crippen LogP contribution in [0.5, 0.6) is 0 Å². The van der Waals surface area contributed by atoms with Crippen molar-refractivity contribution in [3.05, 3.63) is 0 Å². The Labute approximate surface area is 111 Å². The van der Waals surface area contributed by atoms with Gasteiger partial charge in [0, 0.05) is 19.1 Å². The monoisotopic (exact) mass is 272 g/mol. The molecule has 1 aliphatic heterocycles. The van der Waals surface area contributed by atoms with E-state index in [1.54, 1.807) is 11.8 Å². The SMILES string of the molecule is COC(=O)C1CCN(C(=O)NC(C)CC(=O)O)CC1. The fourth-order valence-corrected chi connectivity index (χ4v) is 2.10. The van der Waals surface area contributed by atoms with E-state index < -0.39 is 12.0 Å². The third-order valence-corrected chi connectivity index (χ3v) is 3.17. The minimum absolute atomic E-state index is 0.107. The number of hydrogen-bond acceptors (Lipinski definition) is 4. The number of urea groups is 1. The van der Waals surface area contributed by atoms with Crippen LogP contribution in [0.25, 0.3) is 0 Å². The second-order valence-electron chi connectivity index (χ2n) is 4.73. The summed E-state index contributed by atoms with van der Waals surface area (Å²) in [5.41, 5.74) is 0. The average Bonchev–Trinajstić information content (AvgIpc) is 2.36. The zero-order valence-corrected chi connectivity index (χ0v) is 11.2. The van der Waals surface area contributed by atoms with Gasteiger partial charge in [-0.2, -0.15) is 0 Å². The molecule has 1 unspecified atom stereocenters. The van der Waals surface area contributed by atoms with Crippen LogP contribution in [-0.2, 0) is 14.3 Å². The van der Waals surface area contributed by atoms with E-state index >= 15 is 0 Å². The van der Waals surface area contributed by atoms with E-state index in [0.717, 1.165) is 0 Å². The minimum Gasteiger partial charge on any atom is -0.481 e. The molecule has 7 nitrogen and oxygen atoms in total. The number of nitrogens with one attached hydrogen (secondary N) is 1. The van der Waals surface area contributed by atoms with Gasteiger partial charge in [-0.3, -0.25) is 9.59 Å². The largest absolute Gasteiger partial charge is 0.481 e. The number of esters is 1. The lowest BCUT2D eigenvalue weighted by Crippen LogP contribution is -2.48. The Balaban J connectivity index is 2.36. The Bertz CT molecular complexity index is 350. The molecule has 1 atom stereocenters. The highest BCUT2D eigenvalue weighted by atomic mass is 16.5. The van der Waals surface area contributed by atoms with E-state index in [9.17, 15) is 14.4 Å². The maximum Gasteiger partial charge on any atom is 0.317 e. The highest BCUT2D eigenvalue weighted by Crippen LogP contribution is 2.18. The van der Waals surface area contributed by atoms with Crippen molar-refractivity contribution >= 4 is 18.0 Å². The summed E-state index contributed by atoms with van der Waals surface area (Å²) in [5.74, 6) is -1.33. The van der Waals surface area contributed by atoms with Crippen LogP contribution >= 0.6 is 0 Å². The van der Waals surface area contributed by atoms with Gasteiger partial charge in [0.05, 0.1) is 19.4 Å². The summed E-state index contributed by atoms with van der Waals surface area (Å²) in [7, 11) is 1.36. The van der Waals surface area contributed by atoms with Crippen LogP contribution in [0.15, 0.2) is 0 Å². The van der Waals surface area contributed by atoms with Gasteiger partial charge in [-0.05, 0) is 19.8 Å². The Kier molecular flexibility index (Phi) is 5.59. The number of carbonyl (C=O) groups is 3. The van der Waals surface area contributed by atoms with Crippen molar-refractivity contribution in [2.24, 2.45) is 5.92 Å². The van der Waals surface area contributed by atoms with Gasteiger partial charge in [-0.25, -0.2) is 4.79 Å². The molecule has 1 saturated heterocycles. The van der Waals surface area contributed by atoms with Crippen molar-refractivity contribution in [2.45, 2.75) is 32.2 Å². The topological polar surface area (TPSA) is 95.9 Å². The van der Waals surface area contributed by atoms with Gasteiger partial charge in [0.15, 0.2) is 0 Å². The van der Waals surface area contributed by atoms with E-state index in [4.69, 9.17) is 5.11 Å². The van der Waals surface area contributed by atoms with Gasteiger partial charge in [-0.15, -0.1) is 0 Å². The van der Waals surface area contributed by atoms with Crippen LogP contribution in [0.2, 0.25) is 0 Å². The highest BCUT2D eigenvalue weighted by molar-refractivity contribution is 5.77. The third kappa shape index (κ3) is 4.76. The van der Waals surface area contributed by atoms with Gasteiger partial charge < -0.3 is 20.1 Å². The lowest BCUT2D eigenvalue weighted by molar-refractivity contribution is -0.146. The summed E-state index contributed by atoms with van der Waals surface area (Å²) in [6.07, 6.45) is 1.05. The maximum absolute atomic E-state index is 11.8. The van der Waals surface area contributed by atoms with E-state index in [-0.39, 0.29) is 24.3 Å². The van der Waals surface area contributed by atoms with Gasteiger partial charge in [0.25, 0.3) is 0 Å². The first-order valence-corrected chi connectivity index (χ1v) is 6.29. The number of methoxy groups -OCH3 is 1. The zero-order chi connectivity index (χ0) is 14.4. The molecule has 2 N–H and O–H groups in total. The fourth-order valence-electron chi connectivity index (χ4n) is 2.10. The molecular weight excluding hydrogens is 252 g/mol. The van der Waals surface area contributed by atoms with Crippen molar-refractivity contribution in [1.82, 2.24) is 10.2 Å². The molecule has 7 heteroatoms. The number of aliphatic carboxylic acids is 1. The number of ether oxygens (including phenoxy) is 1. The Morgan fingerprint density at radius 3 is 2.42 bits per heavy atom. The highest BCUT2D eigenvalue weighted by Gasteiger charge is 2.28. The summed E-state index contributed by atoms with van der Waals surface area (Å²) < 4.78 is 4.67. The standard InChI is InChI=1S/C12H20N2O5/c1-8(7-10(15)16)13-12(18)14-5-3-9(4-6-14)11(17)19-2/h8-9H,3-7H2,1-2H3,(H,13,18)(H,15,16). The first kappa shape index (κ1) is 15.3. The summed E-state index contributed by atoms with van der Waals surface area (Å²) in [6, 6.07) is -0.694. The van der Waals surface area contributed by atoms with Crippen LogP contribution in [-0.4, -0.2) is 54.2 Å². The number of nitrogens with zero attached hydrogens (tertiary/aromatic N) is 1. The summed E-state index contributed by atoms with van der Waals surface area (Å²) in [6.45, 7) is 2.60. The molecule has 0 aromatic heterocycles. The molecule has 1 rings (SSSR count). The van der Waals surface area contributed by atoms with E-state index in [0.29, 0.717) is 25.9 Å². The van der Waals surface area contributed by atoms with Crippen molar-refractivity contribution in [2.75, 3.05) is 20.2 Å². The summed E-state index contributed by atoms with van der Waals surface area (Å²) in [4.78, 5) is 35.3. The molecule has 0 aromatic rings. The lowest BCUT2D eigenvalue weighted by Gasteiger charge is -2.31. The van der Waals surface area contributed by atoms with Crippen molar-refractivity contribution in [3.63, 3.8) is 0 Å². The van der Waals surface area contributed by atoms with E-state index in [2.05, 4.69) is 10.1 Å². The first-order valence-electron chi connectivity index (χ1n) is 6.29. The molecule has 108 valence electrons. The molecule has 1 heterocycles. The van der Waals surface area contributed by atoms with Crippen molar-refractivity contribution in [1.29, 1.82) is 0 Å². The molecule has 0 aliphatic carbocycles. The van der Waals surface area contributed by atoms with Crippen LogP contribution in [0.1, 0.15) is 26.2 Å². The second-order valence-corrected chi connectivity index (χ2v) is 4.73. The van der Waals surface area contributed by atoms with Gasteiger partial charge >= 0.3 is 18.0 Å². The number of carbonyl (C=O) groups excluding carboxylic acids is 2. The van der Waals surface area contributed by atoms with Gasteiger partial charge in [0.2, 0.25) is 0 Å². The normalized spacial score (nSPS) is 17.7. The predicted molar refractivity (Wildman–Crippen MR) is 66.6 cm³/mol. The Morgan fingerprint density at radius 1 is 1.37 bits per heavy atom. The summed E-state index contributed by atoms with van der Waals surface area (Å²) >= 11 is 0. The minimum atomic E-state index is -0.947.